The van der Waals surface area contributed by atoms with E-state index in [9.17, 15) is 9.59 Å². The van der Waals surface area contributed by atoms with Gasteiger partial charge in [0.1, 0.15) is 5.82 Å². The van der Waals surface area contributed by atoms with Crippen molar-refractivity contribution in [1.29, 1.82) is 0 Å². The summed E-state index contributed by atoms with van der Waals surface area (Å²) in [4.78, 5) is 29.3. The quantitative estimate of drug-likeness (QED) is 0.838. The van der Waals surface area contributed by atoms with Gasteiger partial charge in [-0.1, -0.05) is 6.07 Å². The minimum Gasteiger partial charge on any atom is -0.493 e. The van der Waals surface area contributed by atoms with E-state index in [2.05, 4.69) is 9.97 Å². The number of rotatable bonds is 6. The van der Waals surface area contributed by atoms with Crippen LogP contribution in [-0.2, 0) is 11.2 Å². The third-order valence-corrected chi connectivity index (χ3v) is 2.87. The summed E-state index contributed by atoms with van der Waals surface area (Å²) in [5.74, 6) is 0.139. The van der Waals surface area contributed by atoms with Gasteiger partial charge in [-0.15, -0.1) is 0 Å². The van der Waals surface area contributed by atoms with Crippen LogP contribution in [0.5, 0.6) is 11.5 Å². The molecule has 0 bridgehead atoms. The topological polar surface area (TPSA) is 102 Å². The van der Waals surface area contributed by atoms with Crippen molar-refractivity contribution in [2.45, 2.75) is 13.3 Å². The van der Waals surface area contributed by atoms with Crippen molar-refractivity contribution in [1.82, 2.24) is 9.97 Å². The lowest BCUT2D eigenvalue weighted by atomic mass is 10.1. The second-order valence-corrected chi connectivity index (χ2v) is 4.43. The molecule has 0 fully saturated rings. The number of hydrogen-bond acceptors (Lipinski definition) is 5. The van der Waals surface area contributed by atoms with E-state index < -0.39 is 11.5 Å². The van der Waals surface area contributed by atoms with Gasteiger partial charge in [0.2, 0.25) is 0 Å². The van der Waals surface area contributed by atoms with Crippen LogP contribution in [0.1, 0.15) is 12.6 Å². The normalized spacial score (nSPS) is 10.3. The second kappa shape index (κ2) is 6.75. The minimum absolute atomic E-state index is 0.177. The average molecular weight is 304 g/mol. The molecule has 0 aliphatic heterocycles. The predicted octanol–water partition coefficient (Wildman–Crippen LogP) is 1.47. The highest BCUT2D eigenvalue weighted by atomic mass is 16.5. The number of para-hydroxylation sites is 1. The zero-order valence-corrected chi connectivity index (χ0v) is 12.3. The van der Waals surface area contributed by atoms with Crippen molar-refractivity contribution < 1.29 is 19.4 Å². The van der Waals surface area contributed by atoms with Gasteiger partial charge in [-0.2, -0.15) is 0 Å². The van der Waals surface area contributed by atoms with Crippen LogP contribution in [0, 0.1) is 0 Å². The van der Waals surface area contributed by atoms with E-state index in [1.165, 1.54) is 7.11 Å². The van der Waals surface area contributed by atoms with Crippen molar-refractivity contribution in [3.63, 3.8) is 0 Å². The molecule has 0 radical (unpaired) electrons. The minimum atomic E-state index is -1.06. The fourth-order valence-electron chi connectivity index (χ4n) is 2.04. The number of H-pyrrole nitrogens is 1. The molecule has 1 heterocycles. The molecule has 2 N–H and O–H groups in total. The van der Waals surface area contributed by atoms with Gasteiger partial charge in [0.05, 0.1) is 31.4 Å². The van der Waals surface area contributed by atoms with Gasteiger partial charge in [0.15, 0.2) is 11.5 Å². The Hall–Kier alpha value is -2.83. The van der Waals surface area contributed by atoms with E-state index in [0.29, 0.717) is 23.7 Å². The third-order valence-electron chi connectivity index (χ3n) is 2.87. The largest absolute Gasteiger partial charge is 0.493 e. The molecular weight excluding hydrogens is 288 g/mol. The van der Waals surface area contributed by atoms with Crippen molar-refractivity contribution in [3.05, 3.63) is 40.3 Å². The summed E-state index contributed by atoms with van der Waals surface area (Å²) in [6, 6.07) is 6.35. The molecule has 7 nitrogen and oxygen atoms in total. The molecule has 0 saturated carbocycles. The van der Waals surface area contributed by atoms with Crippen LogP contribution >= 0.6 is 0 Å². The SMILES string of the molecule is CCOc1c(OC)cccc1-c1nc(CC(=O)O)cc(=O)[nH]1. The van der Waals surface area contributed by atoms with Gasteiger partial charge in [-0.05, 0) is 19.1 Å². The van der Waals surface area contributed by atoms with E-state index in [-0.39, 0.29) is 17.9 Å². The van der Waals surface area contributed by atoms with Gasteiger partial charge in [-0.25, -0.2) is 4.98 Å². The number of aromatic amines is 1. The van der Waals surface area contributed by atoms with Crippen molar-refractivity contribution in [2.75, 3.05) is 13.7 Å². The van der Waals surface area contributed by atoms with Gasteiger partial charge in [-0.3, -0.25) is 9.59 Å². The fourth-order valence-corrected chi connectivity index (χ4v) is 2.04. The number of aliphatic carboxylic acids is 1. The van der Waals surface area contributed by atoms with E-state index in [1.807, 2.05) is 6.92 Å². The van der Waals surface area contributed by atoms with Crippen molar-refractivity contribution in [2.24, 2.45) is 0 Å². The van der Waals surface area contributed by atoms with Crippen molar-refractivity contribution >= 4 is 5.97 Å². The maximum Gasteiger partial charge on any atom is 0.309 e. The van der Waals surface area contributed by atoms with E-state index in [0.717, 1.165) is 6.07 Å². The van der Waals surface area contributed by atoms with Crippen LogP contribution in [0.2, 0.25) is 0 Å². The van der Waals surface area contributed by atoms with E-state index >= 15 is 0 Å². The number of benzene rings is 1. The molecule has 0 aliphatic carbocycles. The maximum atomic E-state index is 11.7. The summed E-state index contributed by atoms with van der Waals surface area (Å²) in [6.45, 7) is 2.24. The molecule has 116 valence electrons. The van der Waals surface area contributed by atoms with Crippen LogP contribution in [-0.4, -0.2) is 34.8 Å². The Labute approximate surface area is 126 Å². The molecule has 1 aromatic heterocycles. The van der Waals surface area contributed by atoms with Gasteiger partial charge < -0.3 is 19.6 Å². The zero-order valence-electron chi connectivity index (χ0n) is 12.3. The first-order chi connectivity index (χ1) is 10.5. The summed E-state index contributed by atoms with van der Waals surface area (Å²) in [5.41, 5.74) is 0.286. The molecule has 0 aliphatic rings. The lowest BCUT2D eigenvalue weighted by molar-refractivity contribution is -0.136. The number of nitrogens with one attached hydrogen (secondary N) is 1. The fraction of sp³-hybridized carbons (Fsp3) is 0.267. The summed E-state index contributed by atoms with van der Waals surface area (Å²) >= 11 is 0. The molecule has 1 aromatic carbocycles. The Morgan fingerprint density at radius 2 is 2.18 bits per heavy atom. The smallest absolute Gasteiger partial charge is 0.309 e. The Balaban J connectivity index is 2.58. The Morgan fingerprint density at radius 3 is 2.82 bits per heavy atom. The second-order valence-electron chi connectivity index (χ2n) is 4.43. The monoisotopic (exact) mass is 304 g/mol. The molecule has 22 heavy (non-hydrogen) atoms. The van der Waals surface area contributed by atoms with Gasteiger partial charge in [0, 0.05) is 6.07 Å². The number of nitrogens with zero attached hydrogens (tertiary/aromatic N) is 1. The van der Waals surface area contributed by atoms with Crippen LogP contribution in [0.4, 0.5) is 0 Å². The first-order valence-corrected chi connectivity index (χ1v) is 6.67. The van der Waals surface area contributed by atoms with Crippen LogP contribution in [0.3, 0.4) is 0 Å². The molecule has 0 atom stereocenters. The molecule has 0 spiro atoms. The summed E-state index contributed by atoms with van der Waals surface area (Å²) in [6.07, 6.45) is -0.329. The molecule has 0 amide bonds. The highest BCUT2D eigenvalue weighted by molar-refractivity contribution is 5.71. The molecule has 2 rings (SSSR count). The van der Waals surface area contributed by atoms with Gasteiger partial charge in [0.25, 0.3) is 5.56 Å². The molecular formula is C15H16N2O5. The van der Waals surface area contributed by atoms with Crippen LogP contribution in [0.15, 0.2) is 29.1 Å². The first kappa shape index (κ1) is 15.6. The lowest BCUT2D eigenvalue weighted by Gasteiger charge is -2.13. The zero-order chi connectivity index (χ0) is 16.1. The third kappa shape index (κ3) is 3.43. The highest BCUT2D eigenvalue weighted by Crippen LogP contribution is 2.36. The number of carboxylic acids is 1. The first-order valence-electron chi connectivity index (χ1n) is 6.67. The number of carboxylic acid groups (broad SMARTS) is 1. The summed E-state index contributed by atoms with van der Waals surface area (Å²) < 4.78 is 10.8. The summed E-state index contributed by atoms with van der Waals surface area (Å²) in [7, 11) is 1.51. The number of hydrogen-bond donors (Lipinski definition) is 2. The standard InChI is InChI=1S/C15H16N2O5/c1-3-22-14-10(5-4-6-11(14)21-2)15-16-9(8-13(19)20)7-12(18)17-15/h4-7H,3,8H2,1-2H3,(H,19,20)(H,16,17,18). The van der Waals surface area contributed by atoms with E-state index in [1.54, 1.807) is 18.2 Å². The van der Waals surface area contributed by atoms with Crippen molar-refractivity contribution in [3.8, 4) is 22.9 Å². The number of methoxy groups -OCH3 is 1. The van der Waals surface area contributed by atoms with E-state index in [4.69, 9.17) is 14.6 Å². The Morgan fingerprint density at radius 1 is 1.41 bits per heavy atom. The van der Waals surface area contributed by atoms with Gasteiger partial charge >= 0.3 is 5.97 Å². The number of carbonyl (C=O) groups is 1. The van der Waals surface area contributed by atoms with Crippen LogP contribution < -0.4 is 15.0 Å². The Kier molecular flexibility index (Phi) is 4.77. The average Bonchev–Trinajstić information content (AvgIpc) is 2.46. The molecule has 7 heteroatoms. The number of aromatic nitrogens is 2. The summed E-state index contributed by atoms with van der Waals surface area (Å²) in [5, 5.41) is 8.84. The lowest BCUT2D eigenvalue weighted by Crippen LogP contribution is -2.13. The predicted molar refractivity (Wildman–Crippen MR) is 79.4 cm³/mol. The highest BCUT2D eigenvalue weighted by Gasteiger charge is 2.15. The number of ether oxygens (including phenoxy) is 2. The molecule has 0 saturated heterocycles. The maximum absolute atomic E-state index is 11.7. The van der Waals surface area contributed by atoms with Crippen LogP contribution in [0.25, 0.3) is 11.4 Å². The Bertz CT molecular complexity index is 739. The molecule has 2 aromatic rings. The molecule has 0 unspecified atom stereocenters.